The standard InChI is InChI=1S/C5H8N2/c1-4-3-5(2)7-6-4/h3,6-7H,1H2,2H3. The average Bonchev–Trinajstić information content (AvgIpc) is 1.87. The van der Waals surface area contributed by atoms with Crippen molar-refractivity contribution < 1.29 is 0 Å². The molecule has 0 saturated carbocycles. The molecule has 0 unspecified atom stereocenters. The summed E-state index contributed by atoms with van der Waals surface area (Å²) < 4.78 is 0. The average molecular weight is 96.1 g/mol. The highest BCUT2D eigenvalue weighted by molar-refractivity contribution is 5.21. The van der Waals surface area contributed by atoms with E-state index < -0.39 is 0 Å². The van der Waals surface area contributed by atoms with Crippen LogP contribution in [0.1, 0.15) is 6.92 Å². The largest absolute Gasteiger partial charge is 0.305 e. The molecule has 0 amide bonds. The summed E-state index contributed by atoms with van der Waals surface area (Å²) >= 11 is 0. The van der Waals surface area contributed by atoms with Gasteiger partial charge in [0.15, 0.2) is 0 Å². The van der Waals surface area contributed by atoms with Gasteiger partial charge in [-0.15, -0.1) is 0 Å². The summed E-state index contributed by atoms with van der Waals surface area (Å²) in [6, 6.07) is 0. The Bertz CT molecular complexity index is 124. The second-order valence-electron chi connectivity index (χ2n) is 1.60. The molecule has 0 saturated heterocycles. The molecule has 0 fully saturated rings. The van der Waals surface area contributed by atoms with Crippen molar-refractivity contribution in [2.75, 3.05) is 0 Å². The third-order valence-corrected chi connectivity index (χ3v) is 0.811. The van der Waals surface area contributed by atoms with E-state index in [2.05, 4.69) is 17.4 Å². The molecule has 0 aromatic heterocycles. The van der Waals surface area contributed by atoms with Crippen molar-refractivity contribution in [1.82, 2.24) is 10.9 Å². The van der Waals surface area contributed by atoms with Crippen molar-refractivity contribution in [3.63, 3.8) is 0 Å². The summed E-state index contributed by atoms with van der Waals surface area (Å²) in [6.07, 6.45) is 1.94. The third-order valence-electron chi connectivity index (χ3n) is 0.811. The van der Waals surface area contributed by atoms with Gasteiger partial charge in [0.25, 0.3) is 0 Å². The minimum Gasteiger partial charge on any atom is -0.305 e. The number of rotatable bonds is 0. The van der Waals surface area contributed by atoms with Gasteiger partial charge in [0.05, 0.1) is 0 Å². The quantitative estimate of drug-likeness (QED) is 0.459. The van der Waals surface area contributed by atoms with Gasteiger partial charge in [-0.2, -0.15) is 0 Å². The summed E-state index contributed by atoms with van der Waals surface area (Å²) in [5.41, 5.74) is 7.76. The molecule has 0 aromatic carbocycles. The molecular formula is C5H8N2. The van der Waals surface area contributed by atoms with Crippen LogP contribution in [0.25, 0.3) is 0 Å². The van der Waals surface area contributed by atoms with Crippen LogP contribution in [0.3, 0.4) is 0 Å². The molecule has 0 radical (unpaired) electrons. The molecule has 1 rings (SSSR count). The first kappa shape index (κ1) is 4.24. The van der Waals surface area contributed by atoms with Crippen LogP contribution in [-0.4, -0.2) is 0 Å². The molecule has 2 heteroatoms. The minimum absolute atomic E-state index is 0.928. The van der Waals surface area contributed by atoms with Crippen LogP contribution in [0.2, 0.25) is 0 Å². The smallest absolute Gasteiger partial charge is 0.0485 e. The number of hydrazine groups is 1. The molecule has 1 aliphatic heterocycles. The predicted octanol–water partition coefficient (Wildman–Crippen LogP) is 0.512. The molecular weight excluding hydrogens is 88.1 g/mol. The molecule has 1 heterocycles. The van der Waals surface area contributed by atoms with E-state index in [1.165, 1.54) is 0 Å². The maximum Gasteiger partial charge on any atom is 0.0485 e. The van der Waals surface area contributed by atoms with E-state index in [4.69, 9.17) is 0 Å². The summed E-state index contributed by atoms with van der Waals surface area (Å²) in [7, 11) is 0. The molecule has 1 aliphatic rings. The highest BCUT2D eigenvalue weighted by Gasteiger charge is 1.96. The Morgan fingerprint density at radius 2 is 2.29 bits per heavy atom. The molecule has 7 heavy (non-hydrogen) atoms. The van der Waals surface area contributed by atoms with Crippen LogP contribution >= 0.6 is 0 Å². The molecule has 0 aromatic rings. The fourth-order valence-electron chi connectivity index (χ4n) is 0.512. The monoisotopic (exact) mass is 96.1 g/mol. The zero-order chi connectivity index (χ0) is 5.28. The number of hydrogen-bond donors (Lipinski definition) is 2. The highest BCUT2D eigenvalue weighted by atomic mass is 15.4. The van der Waals surface area contributed by atoms with Crippen LogP contribution in [0.4, 0.5) is 0 Å². The Hall–Kier alpha value is -0.920. The van der Waals surface area contributed by atoms with Crippen LogP contribution in [0, 0.1) is 0 Å². The fraction of sp³-hybridized carbons (Fsp3) is 0.200. The lowest BCUT2D eigenvalue weighted by atomic mass is 10.4. The lowest BCUT2D eigenvalue weighted by molar-refractivity contribution is 0.751. The molecule has 0 spiro atoms. The van der Waals surface area contributed by atoms with Crippen LogP contribution in [-0.2, 0) is 0 Å². The SMILES string of the molecule is C=C1C=C(C)NN1. The first-order valence-electron chi connectivity index (χ1n) is 2.18. The van der Waals surface area contributed by atoms with Crippen molar-refractivity contribution in [3.05, 3.63) is 24.0 Å². The highest BCUT2D eigenvalue weighted by Crippen LogP contribution is 1.97. The maximum atomic E-state index is 3.65. The van der Waals surface area contributed by atoms with E-state index in [-0.39, 0.29) is 0 Å². The second kappa shape index (κ2) is 1.30. The molecule has 2 N–H and O–H groups in total. The van der Waals surface area contributed by atoms with Gasteiger partial charge in [-0.1, -0.05) is 6.58 Å². The maximum absolute atomic E-state index is 3.65. The van der Waals surface area contributed by atoms with E-state index in [1.807, 2.05) is 13.0 Å². The van der Waals surface area contributed by atoms with Crippen molar-refractivity contribution >= 4 is 0 Å². The molecule has 0 atom stereocenters. The minimum atomic E-state index is 0.928. The first-order valence-corrected chi connectivity index (χ1v) is 2.18. The summed E-state index contributed by atoms with van der Waals surface area (Å²) in [6.45, 7) is 5.63. The fourth-order valence-corrected chi connectivity index (χ4v) is 0.512. The summed E-state index contributed by atoms with van der Waals surface area (Å²) in [4.78, 5) is 0. The van der Waals surface area contributed by atoms with Gasteiger partial charge in [-0.05, 0) is 13.0 Å². The summed E-state index contributed by atoms with van der Waals surface area (Å²) in [5.74, 6) is 0. The Kier molecular flexibility index (Phi) is 0.785. The van der Waals surface area contributed by atoms with Crippen molar-refractivity contribution in [2.45, 2.75) is 6.92 Å². The normalized spacial score (nSPS) is 17.9. The van der Waals surface area contributed by atoms with E-state index in [9.17, 15) is 0 Å². The molecule has 0 aliphatic carbocycles. The molecule has 38 valence electrons. The molecule has 0 bridgehead atoms. The van der Waals surface area contributed by atoms with Gasteiger partial charge in [0.2, 0.25) is 0 Å². The van der Waals surface area contributed by atoms with Gasteiger partial charge in [-0.3, -0.25) is 0 Å². The van der Waals surface area contributed by atoms with Crippen molar-refractivity contribution in [3.8, 4) is 0 Å². The van der Waals surface area contributed by atoms with Crippen LogP contribution < -0.4 is 10.9 Å². The molecule has 2 nitrogen and oxygen atoms in total. The van der Waals surface area contributed by atoms with Crippen molar-refractivity contribution in [1.29, 1.82) is 0 Å². The van der Waals surface area contributed by atoms with Gasteiger partial charge in [0, 0.05) is 11.4 Å². The first-order chi connectivity index (χ1) is 3.29. The van der Waals surface area contributed by atoms with E-state index in [0.717, 1.165) is 11.4 Å². The van der Waals surface area contributed by atoms with E-state index >= 15 is 0 Å². The number of allylic oxidation sites excluding steroid dienone is 2. The van der Waals surface area contributed by atoms with Gasteiger partial charge in [-0.25, -0.2) is 0 Å². The lowest BCUT2D eigenvalue weighted by Gasteiger charge is -1.94. The third kappa shape index (κ3) is 0.738. The van der Waals surface area contributed by atoms with Gasteiger partial charge in [0.1, 0.15) is 0 Å². The zero-order valence-corrected chi connectivity index (χ0v) is 4.28. The topological polar surface area (TPSA) is 24.1 Å². The van der Waals surface area contributed by atoms with E-state index in [0.29, 0.717) is 0 Å². The van der Waals surface area contributed by atoms with Crippen LogP contribution in [0.15, 0.2) is 24.0 Å². The lowest BCUT2D eigenvalue weighted by Crippen LogP contribution is -2.20. The summed E-state index contributed by atoms with van der Waals surface area (Å²) in [5, 5.41) is 0. The predicted molar refractivity (Wildman–Crippen MR) is 29.2 cm³/mol. The zero-order valence-electron chi connectivity index (χ0n) is 4.28. The second-order valence-corrected chi connectivity index (χ2v) is 1.60. The number of hydrogen-bond acceptors (Lipinski definition) is 2. The van der Waals surface area contributed by atoms with Crippen molar-refractivity contribution in [2.24, 2.45) is 0 Å². The van der Waals surface area contributed by atoms with Crippen LogP contribution in [0.5, 0.6) is 0 Å². The Balaban J connectivity index is 2.67. The Morgan fingerprint density at radius 3 is 2.43 bits per heavy atom. The van der Waals surface area contributed by atoms with E-state index in [1.54, 1.807) is 0 Å². The van der Waals surface area contributed by atoms with Gasteiger partial charge < -0.3 is 10.9 Å². The number of nitrogens with one attached hydrogen (secondary N) is 2. The Morgan fingerprint density at radius 1 is 1.57 bits per heavy atom. The Labute approximate surface area is 42.9 Å². The van der Waals surface area contributed by atoms with Gasteiger partial charge >= 0.3 is 0 Å².